The van der Waals surface area contributed by atoms with Gasteiger partial charge in [0.2, 0.25) is 5.91 Å². The number of benzene rings is 3. The molecular weight excluding hydrogens is 490 g/mol. The molecule has 0 aliphatic carbocycles. The summed E-state index contributed by atoms with van der Waals surface area (Å²) in [6.45, 7) is 0.0706. The molecule has 0 spiro atoms. The number of hydrogen-bond acceptors (Lipinski definition) is 6. The number of aliphatic carboxylic acids is 1. The first kappa shape index (κ1) is 26.2. The highest BCUT2D eigenvalue weighted by Gasteiger charge is 2.24. The third kappa shape index (κ3) is 5.59. The second-order valence-electron chi connectivity index (χ2n) is 8.65. The maximum atomic E-state index is 12.6. The Morgan fingerprint density at radius 1 is 0.947 bits per heavy atom. The molecule has 0 radical (unpaired) electrons. The molecule has 196 valence electrons. The molecule has 2 amide bonds. The summed E-state index contributed by atoms with van der Waals surface area (Å²) in [5, 5.41) is 12.6. The number of carboxylic acid groups (broad SMARTS) is 1. The van der Waals surface area contributed by atoms with Crippen LogP contribution in [0.4, 0.5) is 0 Å². The van der Waals surface area contributed by atoms with Gasteiger partial charge in [0.1, 0.15) is 11.8 Å². The Morgan fingerprint density at radius 3 is 2.29 bits per heavy atom. The molecule has 10 nitrogen and oxygen atoms in total. The van der Waals surface area contributed by atoms with Crippen molar-refractivity contribution in [2.45, 2.75) is 25.4 Å². The average molecular weight is 518 g/mol. The van der Waals surface area contributed by atoms with Crippen molar-refractivity contribution < 1.29 is 33.8 Å². The fourth-order valence-corrected chi connectivity index (χ4v) is 4.45. The van der Waals surface area contributed by atoms with E-state index in [1.54, 1.807) is 24.3 Å². The van der Waals surface area contributed by atoms with Crippen LogP contribution >= 0.6 is 0 Å². The Morgan fingerprint density at radius 2 is 1.63 bits per heavy atom. The second kappa shape index (κ2) is 11.5. The third-order valence-corrected chi connectivity index (χ3v) is 6.15. The van der Waals surface area contributed by atoms with Gasteiger partial charge in [-0.05, 0) is 36.2 Å². The molecule has 1 heterocycles. The number of primary amides is 1. The number of hydrogen-bond donors (Lipinski definition) is 3. The molecule has 0 unspecified atom stereocenters. The Labute approximate surface area is 217 Å². The Kier molecular flexibility index (Phi) is 7.91. The van der Waals surface area contributed by atoms with Crippen LogP contribution in [0.15, 0.2) is 66.7 Å². The number of fused-ring (bicyclic) bond motifs is 3. The SMILES string of the molecule is COC(=O)[C@H](CCC(=O)O)NC(=O)COc1cccc2c1c1c(C(N)=O)cccc1n2Cc1ccccc1. The lowest BCUT2D eigenvalue weighted by atomic mass is 10.1. The van der Waals surface area contributed by atoms with Gasteiger partial charge in [0.05, 0.1) is 23.5 Å². The number of nitrogens with two attached hydrogens (primary N) is 1. The summed E-state index contributed by atoms with van der Waals surface area (Å²) in [7, 11) is 1.15. The van der Waals surface area contributed by atoms with Crippen LogP contribution < -0.4 is 15.8 Å². The Hall–Kier alpha value is -4.86. The zero-order chi connectivity index (χ0) is 27.2. The van der Waals surface area contributed by atoms with Gasteiger partial charge in [0.25, 0.3) is 5.91 Å². The molecule has 3 aromatic carbocycles. The van der Waals surface area contributed by atoms with Crippen LogP contribution in [0.2, 0.25) is 0 Å². The number of carbonyl (C=O) groups is 4. The standard InChI is InChI=1S/C28H27N3O7/c1-37-28(36)19(13-14-24(33)34)30-23(32)16-38-22-12-6-11-21-26(22)25-18(27(29)35)9-5-10-20(25)31(21)15-17-7-3-2-4-8-17/h2-12,19H,13-16H2,1H3,(H2,29,35)(H,30,32)(H,33,34)/t19-/m0/s1. The molecule has 0 aliphatic rings. The Bertz CT molecular complexity index is 1510. The number of nitrogens with one attached hydrogen (secondary N) is 1. The molecule has 1 aromatic heterocycles. The van der Waals surface area contributed by atoms with Gasteiger partial charge in [-0.1, -0.05) is 42.5 Å². The molecule has 38 heavy (non-hydrogen) atoms. The minimum absolute atomic E-state index is 0.127. The van der Waals surface area contributed by atoms with Gasteiger partial charge >= 0.3 is 11.9 Å². The van der Waals surface area contributed by atoms with Crippen LogP contribution in [0.25, 0.3) is 21.8 Å². The lowest BCUT2D eigenvalue weighted by Gasteiger charge is -2.16. The highest BCUT2D eigenvalue weighted by molar-refractivity contribution is 6.19. The first-order chi connectivity index (χ1) is 18.3. The smallest absolute Gasteiger partial charge is 0.328 e. The van der Waals surface area contributed by atoms with Gasteiger partial charge in [-0.25, -0.2) is 4.79 Å². The normalized spacial score (nSPS) is 11.7. The van der Waals surface area contributed by atoms with Crippen molar-refractivity contribution in [1.82, 2.24) is 9.88 Å². The maximum Gasteiger partial charge on any atom is 0.328 e. The van der Waals surface area contributed by atoms with Crippen LogP contribution in [0.1, 0.15) is 28.8 Å². The van der Waals surface area contributed by atoms with Crippen molar-refractivity contribution in [2.75, 3.05) is 13.7 Å². The van der Waals surface area contributed by atoms with Crippen LogP contribution in [0.5, 0.6) is 5.75 Å². The van der Waals surface area contributed by atoms with E-state index in [1.165, 1.54) is 0 Å². The predicted octanol–water partition coefficient (Wildman–Crippen LogP) is 2.84. The Balaban J connectivity index is 1.69. The number of carbonyl (C=O) groups excluding carboxylic acids is 3. The van der Waals surface area contributed by atoms with Crippen molar-refractivity contribution in [1.29, 1.82) is 0 Å². The summed E-state index contributed by atoms with van der Waals surface area (Å²) in [6.07, 6.45) is -0.449. The fraction of sp³-hybridized carbons (Fsp3) is 0.214. The van der Waals surface area contributed by atoms with E-state index >= 15 is 0 Å². The molecular formula is C28H27N3O7. The molecule has 0 saturated carbocycles. The lowest BCUT2D eigenvalue weighted by molar-refractivity contribution is -0.146. The zero-order valence-electron chi connectivity index (χ0n) is 20.7. The maximum absolute atomic E-state index is 12.6. The first-order valence-electron chi connectivity index (χ1n) is 11.9. The number of carboxylic acids is 1. The minimum atomic E-state index is -1.13. The highest BCUT2D eigenvalue weighted by atomic mass is 16.5. The number of amides is 2. The second-order valence-corrected chi connectivity index (χ2v) is 8.65. The zero-order valence-corrected chi connectivity index (χ0v) is 20.7. The van der Waals surface area contributed by atoms with Crippen molar-refractivity contribution >= 4 is 45.6 Å². The monoisotopic (exact) mass is 517 g/mol. The quantitative estimate of drug-likeness (QED) is 0.259. The van der Waals surface area contributed by atoms with E-state index in [0.717, 1.165) is 23.7 Å². The molecule has 10 heteroatoms. The highest BCUT2D eigenvalue weighted by Crippen LogP contribution is 2.38. The summed E-state index contributed by atoms with van der Waals surface area (Å²) in [5.74, 6) is -2.74. The largest absolute Gasteiger partial charge is 0.483 e. The van der Waals surface area contributed by atoms with Crippen molar-refractivity contribution in [3.8, 4) is 5.75 Å². The summed E-state index contributed by atoms with van der Waals surface area (Å²) in [5.41, 5.74) is 8.64. The topological polar surface area (TPSA) is 150 Å². The van der Waals surface area contributed by atoms with E-state index in [-0.39, 0.29) is 12.8 Å². The van der Waals surface area contributed by atoms with Gasteiger partial charge < -0.3 is 30.2 Å². The number of ether oxygens (including phenoxy) is 2. The number of rotatable bonds is 11. The minimum Gasteiger partial charge on any atom is -0.483 e. The van der Waals surface area contributed by atoms with E-state index in [2.05, 4.69) is 14.6 Å². The van der Waals surface area contributed by atoms with E-state index in [4.69, 9.17) is 15.6 Å². The number of nitrogens with zero attached hydrogens (tertiary/aromatic N) is 1. The van der Waals surface area contributed by atoms with E-state index in [9.17, 15) is 19.2 Å². The van der Waals surface area contributed by atoms with Gasteiger partial charge in [-0.3, -0.25) is 14.4 Å². The predicted molar refractivity (Wildman–Crippen MR) is 140 cm³/mol. The van der Waals surface area contributed by atoms with Crippen molar-refractivity contribution in [2.24, 2.45) is 5.73 Å². The third-order valence-electron chi connectivity index (χ3n) is 6.15. The molecule has 4 rings (SSSR count). The first-order valence-corrected chi connectivity index (χ1v) is 11.9. The molecule has 4 aromatic rings. The van der Waals surface area contributed by atoms with E-state index in [1.807, 2.05) is 42.5 Å². The van der Waals surface area contributed by atoms with Crippen molar-refractivity contribution in [3.05, 3.63) is 77.9 Å². The van der Waals surface area contributed by atoms with Crippen molar-refractivity contribution in [3.63, 3.8) is 0 Å². The molecule has 0 fully saturated rings. The summed E-state index contributed by atoms with van der Waals surface area (Å²) >= 11 is 0. The molecule has 0 aliphatic heterocycles. The summed E-state index contributed by atoms with van der Waals surface area (Å²) < 4.78 is 12.6. The number of methoxy groups -OCH3 is 1. The lowest BCUT2D eigenvalue weighted by Crippen LogP contribution is -2.43. The molecule has 4 N–H and O–H groups in total. The average Bonchev–Trinajstić information content (AvgIpc) is 3.23. The summed E-state index contributed by atoms with van der Waals surface area (Å²) in [6, 6.07) is 19.4. The fourth-order valence-electron chi connectivity index (χ4n) is 4.45. The van der Waals surface area contributed by atoms with E-state index < -0.39 is 36.4 Å². The van der Waals surface area contributed by atoms with Crippen LogP contribution in [-0.4, -0.2) is 53.2 Å². The molecule has 1 atom stereocenters. The van der Waals surface area contributed by atoms with Crippen LogP contribution in [0.3, 0.4) is 0 Å². The molecule has 0 saturated heterocycles. The number of esters is 1. The van der Waals surface area contributed by atoms with Crippen LogP contribution in [0, 0.1) is 0 Å². The van der Waals surface area contributed by atoms with Crippen LogP contribution in [-0.2, 0) is 25.7 Å². The number of aromatic nitrogens is 1. The van der Waals surface area contributed by atoms with E-state index in [0.29, 0.717) is 28.6 Å². The van der Waals surface area contributed by atoms with Gasteiger partial charge in [-0.15, -0.1) is 0 Å². The van der Waals surface area contributed by atoms with Gasteiger partial charge in [-0.2, -0.15) is 0 Å². The van der Waals surface area contributed by atoms with Gasteiger partial charge in [0, 0.05) is 23.9 Å². The summed E-state index contributed by atoms with van der Waals surface area (Å²) in [4.78, 5) is 47.9. The molecule has 0 bridgehead atoms. The van der Waals surface area contributed by atoms with Gasteiger partial charge in [0.15, 0.2) is 6.61 Å².